The zero-order valence-electron chi connectivity index (χ0n) is 17.1. The third kappa shape index (κ3) is 3.67. The number of anilines is 1. The molecule has 1 aliphatic heterocycles. The molecule has 5 rings (SSSR count). The molecule has 2 bridgehead atoms. The highest BCUT2D eigenvalue weighted by Crippen LogP contribution is 2.74. The number of pyridine rings is 1. The van der Waals surface area contributed by atoms with Crippen LogP contribution in [0.15, 0.2) is 22.9 Å². The molecule has 2 heterocycles. The summed E-state index contributed by atoms with van der Waals surface area (Å²) in [6.45, 7) is 5.11. The zero-order chi connectivity index (χ0) is 20.7. The number of aromatic nitrogens is 1. The first kappa shape index (κ1) is 20.4. The van der Waals surface area contributed by atoms with Gasteiger partial charge in [-0.15, -0.1) is 0 Å². The summed E-state index contributed by atoms with van der Waals surface area (Å²) in [5.41, 5.74) is 0.879. The van der Waals surface area contributed by atoms with Gasteiger partial charge in [0.05, 0.1) is 23.7 Å². The van der Waals surface area contributed by atoms with Gasteiger partial charge in [-0.1, -0.05) is 0 Å². The van der Waals surface area contributed by atoms with E-state index in [0.717, 1.165) is 63.0 Å². The van der Waals surface area contributed by atoms with Crippen molar-refractivity contribution in [1.82, 2.24) is 15.2 Å². The summed E-state index contributed by atoms with van der Waals surface area (Å²) < 4.78 is 6.47. The second kappa shape index (κ2) is 8.20. The number of nitrogens with one attached hydrogen (secondary N) is 2. The second-order valence-corrected chi connectivity index (χ2v) is 10.0. The molecular weight excluding hydrogens is 448 g/mol. The minimum atomic E-state index is -0.308. The quantitative estimate of drug-likeness (QED) is 0.483. The summed E-state index contributed by atoms with van der Waals surface area (Å²) in [7, 11) is 0. The van der Waals surface area contributed by atoms with E-state index in [1.165, 1.54) is 0 Å². The Bertz CT molecular complexity index is 807. The van der Waals surface area contributed by atoms with Gasteiger partial charge >= 0.3 is 5.97 Å². The van der Waals surface area contributed by atoms with E-state index < -0.39 is 0 Å². The number of amides is 1. The van der Waals surface area contributed by atoms with Crippen LogP contribution in [0.1, 0.15) is 25.7 Å². The van der Waals surface area contributed by atoms with Crippen molar-refractivity contribution in [2.45, 2.75) is 25.7 Å². The van der Waals surface area contributed by atoms with E-state index in [1.54, 1.807) is 12.3 Å². The van der Waals surface area contributed by atoms with E-state index in [9.17, 15) is 9.59 Å². The first-order valence-electron chi connectivity index (χ1n) is 11.1. The fourth-order valence-corrected chi connectivity index (χ4v) is 6.54. The molecule has 0 aromatic carbocycles. The van der Waals surface area contributed by atoms with Crippen molar-refractivity contribution in [3.63, 3.8) is 0 Å². The van der Waals surface area contributed by atoms with E-state index >= 15 is 0 Å². The summed E-state index contributed by atoms with van der Waals surface area (Å²) in [6.07, 6.45) is 6.04. The molecule has 2 N–H and O–H groups in total. The third-order valence-electron chi connectivity index (χ3n) is 7.78. The van der Waals surface area contributed by atoms with Crippen molar-refractivity contribution in [1.29, 1.82) is 0 Å². The molecule has 1 spiro atoms. The monoisotopic (exact) mass is 476 g/mol. The number of esters is 1. The lowest BCUT2D eigenvalue weighted by Gasteiger charge is -2.29. The first-order chi connectivity index (χ1) is 14.6. The van der Waals surface area contributed by atoms with Crippen molar-refractivity contribution in [3.05, 3.63) is 22.9 Å². The minimum absolute atomic E-state index is 0.0540. The summed E-state index contributed by atoms with van der Waals surface area (Å²) >= 11 is 3.32. The maximum Gasteiger partial charge on any atom is 0.310 e. The lowest BCUT2D eigenvalue weighted by atomic mass is 9.78. The Labute approximate surface area is 185 Å². The second-order valence-electron chi connectivity index (χ2n) is 9.19. The van der Waals surface area contributed by atoms with Gasteiger partial charge in [-0.2, -0.15) is 0 Å². The topological polar surface area (TPSA) is 83.6 Å². The number of nitrogens with zero attached hydrogens (tertiary/aromatic N) is 2. The van der Waals surface area contributed by atoms with Crippen molar-refractivity contribution in [2.24, 2.45) is 29.1 Å². The van der Waals surface area contributed by atoms with Crippen LogP contribution in [-0.4, -0.2) is 61.1 Å². The highest BCUT2D eigenvalue weighted by molar-refractivity contribution is 9.10. The summed E-state index contributed by atoms with van der Waals surface area (Å²) in [6, 6.07) is 3.64. The standard InChI is InChI=1S/C22H29BrN4O3/c23-17-4-1-14(13-25-17)26-20(28)18-15-2-3-16(22(15)5-6-22)19(18)21(29)30-12-11-27-9-7-24-8-10-27/h1,4,13,15-16,18-19,24H,2-3,5-12H2,(H,26,28)/t15-,16+,18+,19+/m0/s1. The number of hydrogen-bond acceptors (Lipinski definition) is 6. The van der Waals surface area contributed by atoms with Gasteiger partial charge in [0.2, 0.25) is 5.91 Å². The highest BCUT2D eigenvalue weighted by Gasteiger charge is 2.71. The molecule has 4 fully saturated rings. The van der Waals surface area contributed by atoms with Crippen LogP contribution in [0.25, 0.3) is 0 Å². The first-order valence-corrected chi connectivity index (χ1v) is 11.9. The zero-order valence-corrected chi connectivity index (χ0v) is 18.7. The Morgan fingerprint density at radius 3 is 2.60 bits per heavy atom. The number of rotatable bonds is 6. The average molecular weight is 477 g/mol. The number of carbonyl (C=O) groups excluding carboxylic acids is 2. The Morgan fingerprint density at radius 2 is 1.93 bits per heavy atom. The van der Waals surface area contributed by atoms with E-state index in [0.29, 0.717) is 24.1 Å². The van der Waals surface area contributed by atoms with Gasteiger partial charge in [0.25, 0.3) is 0 Å². The van der Waals surface area contributed by atoms with Gasteiger partial charge in [0.15, 0.2) is 0 Å². The Kier molecular flexibility index (Phi) is 5.58. The maximum atomic E-state index is 13.3. The van der Waals surface area contributed by atoms with Crippen LogP contribution in [0.5, 0.6) is 0 Å². The van der Waals surface area contributed by atoms with Crippen molar-refractivity contribution < 1.29 is 14.3 Å². The molecule has 1 aromatic rings. The number of ether oxygens (including phenoxy) is 1. The number of piperazine rings is 1. The normalized spacial score (nSPS) is 31.6. The fourth-order valence-electron chi connectivity index (χ4n) is 6.31. The molecule has 4 atom stereocenters. The molecule has 1 saturated heterocycles. The molecule has 0 unspecified atom stereocenters. The lowest BCUT2D eigenvalue weighted by molar-refractivity contribution is -0.155. The summed E-state index contributed by atoms with van der Waals surface area (Å²) in [4.78, 5) is 32.9. The van der Waals surface area contributed by atoms with Crippen LogP contribution in [0, 0.1) is 29.1 Å². The van der Waals surface area contributed by atoms with Gasteiger partial charge in [-0.25, -0.2) is 4.98 Å². The van der Waals surface area contributed by atoms with Crippen molar-refractivity contribution >= 4 is 33.5 Å². The highest BCUT2D eigenvalue weighted by atomic mass is 79.9. The Morgan fingerprint density at radius 1 is 1.20 bits per heavy atom. The molecule has 8 heteroatoms. The lowest BCUT2D eigenvalue weighted by Crippen LogP contribution is -2.45. The van der Waals surface area contributed by atoms with Gasteiger partial charge in [-0.3, -0.25) is 14.5 Å². The molecule has 3 aliphatic carbocycles. The Hall–Kier alpha value is -1.51. The van der Waals surface area contributed by atoms with E-state index in [1.807, 2.05) is 6.07 Å². The van der Waals surface area contributed by atoms with E-state index in [-0.39, 0.29) is 29.1 Å². The SMILES string of the molecule is O=C(OCCN1CCNCC1)[C@H]1[C@H](C(=O)Nc2ccc(Br)nc2)[C@@H]2CC[C@H]1C21CC1. The predicted molar refractivity (Wildman–Crippen MR) is 116 cm³/mol. The van der Waals surface area contributed by atoms with Gasteiger partial charge in [0, 0.05) is 32.7 Å². The predicted octanol–water partition coefficient (Wildman–Crippen LogP) is 2.28. The number of halogens is 1. The molecule has 0 radical (unpaired) electrons. The summed E-state index contributed by atoms with van der Waals surface area (Å²) in [5.74, 6) is -0.219. The van der Waals surface area contributed by atoms with Gasteiger partial charge in [0.1, 0.15) is 11.2 Å². The smallest absolute Gasteiger partial charge is 0.310 e. The van der Waals surface area contributed by atoms with Gasteiger partial charge in [-0.05, 0) is 71.0 Å². The van der Waals surface area contributed by atoms with Crippen LogP contribution in [0.2, 0.25) is 0 Å². The maximum absolute atomic E-state index is 13.3. The largest absolute Gasteiger partial charge is 0.464 e. The average Bonchev–Trinajstić information content (AvgIpc) is 3.42. The molecule has 3 saturated carbocycles. The molecule has 1 aromatic heterocycles. The van der Waals surface area contributed by atoms with E-state index in [4.69, 9.17) is 4.74 Å². The fraction of sp³-hybridized carbons (Fsp3) is 0.682. The molecule has 30 heavy (non-hydrogen) atoms. The molecule has 7 nitrogen and oxygen atoms in total. The van der Waals surface area contributed by atoms with Crippen LogP contribution in [0.4, 0.5) is 5.69 Å². The van der Waals surface area contributed by atoms with Gasteiger partial charge < -0.3 is 15.4 Å². The molecule has 162 valence electrons. The Balaban J connectivity index is 1.26. The number of hydrogen-bond donors (Lipinski definition) is 2. The third-order valence-corrected chi connectivity index (χ3v) is 8.25. The van der Waals surface area contributed by atoms with Crippen molar-refractivity contribution in [3.8, 4) is 0 Å². The van der Waals surface area contributed by atoms with Crippen molar-refractivity contribution in [2.75, 3.05) is 44.6 Å². The minimum Gasteiger partial charge on any atom is -0.464 e. The van der Waals surface area contributed by atoms with Crippen LogP contribution < -0.4 is 10.6 Å². The van der Waals surface area contributed by atoms with Crippen LogP contribution >= 0.6 is 15.9 Å². The summed E-state index contributed by atoms with van der Waals surface area (Å²) in [5, 5.41) is 6.34. The van der Waals surface area contributed by atoms with Crippen LogP contribution in [0.3, 0.4) is 0 Å². The molecular formula is C22H29BrN4O3. The molecule has 4 aliphatic rings. The van der Waals surface area contributed by atoms with E-state index in [2.05, 4.69) is 36.4 Å². The molecule has 1 amide bonds. The van der Waals surface area contributed by atoms with Crippen LogP contribution in [-0.2, 0) is 14.3 Å². The number of carbonyl (C=O) groups is 2.